The number of amides is 2. The number of nitrogens with zero attached hydrogens (tertiary/aromatic N) is 2. The molecule has 3 aliphatic rings. The van der Waals surface area contributed by atoms with Crippen LogP contribution in [0.5, 0.6) is 5.75 Å². The van der Waals surface area contributed by atoms with Crippen molar-refractivity contribution >= 4 is 23.8 Å². The van der Waals surface area contributed by atoms with Crippen LogP contribution in [0, 0.1) is 0 Å². The maximum Gasteiger partial charge on any atom is 0.410 e. The van der Waals surface area contributed by atoms with E-state index in [-0.39, 0.29) is 42.2 Å². The summed E-state index contributed by atoms with van der Waals surface area (Å²) in [6.45, 7) is 12.6. The van der Waals surface area contributed by atoms with E-state index in [4.69, 9.17) is 14.2 Å². The van der Waals surface area contributed by atoms with Gasteiger partial charge < -0.3 is 14.2 Å². The van der Waals surface area contributed by atoms with Gasteiger partial charge in [-0.25, -0.2) is 9.59 Å². The highest BCUT2D eigenvalue weighted by molar-refractivity contribution is 5.90. The molecule has 2 heterocycles. The smallest absolute Gasteiger partial charge is 0.410 e. The molecule has 4 aromatic rings. The Bertz CT molecular complexity index is 1990. The van der Waals surface area contributed by atoms with Gasteiger partial charge in [-0.05, 0) is 130 Å². The number of likely N-dealkylation sites (tertiary alicyclic amines) is 2. The zero-order valence-electron chi connectivity index (χ0n) is 35.3. The van der Waals surface area contributed by atoms with Crippen molar-refractivity contribution < 1.29 is 33.4 Å². The van der Waals surface area contributed by atoms with Crippen molar-refractivity contribution in [2.24, 2.45) is 0 Å². The minimum absolute atomic E-state index is 0.0295. The fraction of sp³-hybridized carbons (Fsp3) is 0.440. The molecule has 0 radical (unpaired) electrons. The van der Waals surface area contributed by atoms with Crippen LogP contribution < -0.4 is 4.74 Å². The number of carbonyl (C=O) groups is 4. The summed E-state index contributed by atoms with van der Waals surface area (Å²) in [4.78, 5) is 55.9. The average Bonchev–Trinajstić information content (AvgIpc) is 3.48. The highest BCUT2D eigenvalue weighted by Crippen LogP contribution is 2.66. The SMILES string of the molecule is CC(C)(C)OC(=O)N1CCC[C@H]1C(=O)Cc1ccc(C2C(c3ccc(CC(=O)[C@@H]4CCCN4C(=O)OC(C)(C)C)cc3)C2c2ccc(OCc3ccccc3)cc2)cc1. The molecule has 0 bridgehead atoms. The Hall–Kier alpha value is -5.44. The Morgan fingerprint density at radius 1 is 0.525 bits per heavy atom. The highest BCUT2D eigenvalue weighted by atomic mass is 16.6. The van der Waals surface area contributed by atoms with E-state index >= 15 is 0 Å². The van der Waals surface area contributed by atoms with E-state index in [0.717, 1.165) is 35.3 Å². The number of hydrogen-bond donors (Lipinski definition) is 0. The van der Waals surface area contributed by atoms with Crippen LogP contribution in [0.4, 0.5) is 9.59 Å². The zero-order chi connectivity index (χ0) is 41.9. The van der Waals surface area contributed by atoms with E-state index in [9.17, 15) is 19.2 Å². The first-order valence-corrected chi connectivity index (χ1v) is 21.1. The molecule has 1 saturated carbocycles. The fourth-order valence-electron chi connectivity index (χ4n) is 8.72. The van der Waals surface area contributed by atoms with E-state index in [2.05, 4.69) is 48.5 Å². The number of ketones is 2. The van der Waals surface area contributed by atoms with Gasteiger partial charge in [0.05, 0.1) is 12.1 Å². The Balaban J connectivity index is 1.05. The van der Waals surface area contributed by atoms with Crippen LogP contribution in [0.2, 0.25) is 0 Å². The summed E-state index contributed by atoms with van der Waals surface area (Å²) in [6, 6.07) is 34.3. The lowest BCUT2D eigenvalue weighted by Gasteiger charge is -2.28. The topological polar surface area (TPSA) is 102 Å². The van der Waals surface area contributed by atoms with Crippen LogP contribution in [-0.4, -0.2) is 69.9 Å². The molecule has 310 valence electrons. The van der Waals surface area contributed by atoms with E-state index in [0.29, 0.717) is 32.5 Å². The monoisotopic (exact) mass is 798 g/mol. The summed E-state index contributed by atoms with van der Waals surface area (Å²) < 4.78 is 17.3. The molecule has 7 rings (SSSR count). The van der Waals surface area contributed by atoms with Crippen molar-refractivity contribution in [2.45, 2.75) is 128 Å². The van der Waals surface area contributed by atoms with Gasteiger partial charge in [0.25, 0.3) is 0 Å². The van der Waals surface area contributed by atoms with Gasteiger partial charge in [0.1, 0.15) is 23.6 Å². The Morgan fingerprint density at radius 2 is 0.915 bits per heavy atom. The lowest BCUT2D eigenvalue weighted by atomic mass is 9.97. The lowest BCUT2D eigenvalue weighted by Crippen LogP contribution is -2.43. The summed E-state index contributed by atoms with van der Waals surface area (Å²) >= 11 is 0. The molecular formula is C50H58N2O7. The van der Waals surface area contributed by atoms with Crippen LogP contribution >= 0.6 is 0 Å². The third-order valence-electron chi connectivity index (χ3n) is 11.5. The first-order valence-electron chi connectivity index (χ1n) is 21.1. The molecule has 1 aliphatic carbocycles. The first-order chi connectivity index (χ1) is 28.1. The quantitative estimate of drug-likeness (QED) is 0.141. The van der Waals surface area contributed by atoms with Crippen molar-refractivity contribution in [1.29, 1.82) is 0 Å². The third-order valence-corrected chi connectivity index (χ3v) is 11.5. The fourth-order valence-corrected chi connectivity index (χ4v) is 8.72. The number of hydrogen-bond acceptors (Lipinski definition) is 7. The number of rotatable bonds is 12. The van der Waals surface area contributed by atoms with Gasteiger partial charge in [0.2, 0.25) is 0 Å². The summed E-state index contributed by atoms with van der Waals surface area (Å²) in [5.74, 6) is 1.52. The molecule has 4 atom stereocenters. The number of Topliss-reactive ketones (excluding diaryl/α,β-unsaturated/α-hetero) is 2. The van der Waals surface area contributed by atoms with Crippen LogP contribution in [0.3, 0.4) is 0 Å². The van der Waals surface area contributed by atoms with Crippen molar-refractivity contribution in [3.63, 3.8) is 0 Å². The molecule has 2 amide bonds. The standard InChI is InChI=1S/C50H58N2O7/c1-49(2,3)58-47(55)51-28-10-14-40(51)42(53)30-33-16-20-36(21-17-33)44-45(46(44)38-24-26-39(27-25-38)57-32-35-12-8-7-9-13-35)37-22-18-34(19-23-37)31-43(54)41-15-11-29-52(41)48(56)59-50(4,5)6/h7-9,12-13,16-27,40-41,44-46H,10-11,14-15,28-32H2,1-6H3/t40-,41-,44?,45?,46?/m0/s1. The minimum Gasteiger partial charge on any atom is -0.489 e. The van der Waals surface area contributed by atoms with Gasteiger partial charge in [-0.2, -0.15) is 0 Å². The predicted molar refractivity (Wildman–Crippen MR) is 228 cm³/mol. The van der Waals surface area contributed by atoms with Crippen molar-refractivity contribution in [3.05, 3.63) is 137 Å². The molecule has 4 aromatic carbocycles. The Labute approximate surface area is 349 Å². The van der Waals surface area contributed by atoms with Crippen LogP contribution in [0.25, 0.3) is 0 Å². The zero-order valence-corrected chi connectivity index (χ0v) is 35.3. The maximum absolute atomic E-state index is 13.5. The summed E-state index contributed by atoms with van der Waals surface area (Å²) in [7, 11) is 0. The van der Waals surface area contributed by atoms with Crippen molar-refractivity contribution in [2.75, 3.05) is 13.1 Å². The Morgan fingerprint density at radius 3 is 1.31 bits per heavy atom. The van der Waals surface area contributed by atoms with Gasteiger partial charge in [-0.3, -0.25) is 19.4 Å². The van der Waals surface area contributed by atoms with Gasteiger partial charge in [-0.15, -0.1) is 0 Å². The molecule has 2 saturated heterocycles. The summed E-state index contributed by atoms with van der Waals surface area (Å²) in [5, 5.41) is 0. The van der Waals surface area contributed by atoms with E-state index in [1.54, 1.807) is 9.80 Å². The minimum atomic E-state index is -0.622. The van der Waals surface area contributed by atoms with Crippen LogP contribution in [-0.2, 0) is 38.5 Å². The lowest BCUT2D eigenvalue weighted by molar-refractivity contribution is -0.123. The largest absolute Gasteiger partial charge is 0.489 e. The highest BCUT2D eigenvalue weighted by Gasteiger charge is 2.52. The first kappa shape index (κ1) is 41.7. The average molecular weight is 799 g/mol. The van der Waals surface area contributed by atoms with Gasteiger partial charge in [-0.1, -0.05) is 91.0 Å². The van der Waals surface area contributed by atoms with E-state index < -0.39 is 35.5 Å². The summed E-state index contributed by atoms with van der Waals surface area (Å²) in [5.41, 5.74) is 5.32. The molecular weight excluding hydrogens is 741 g/mol. The molecule has 0 spiro atoms. The normalized spacial score (nSPS) is 21.6. The predicted octanol–water partition coefficient (Wildman–Crippen LogP) is 9.95. The molecule has 0 N–H and O–H groups in total. The van der Waals surface area contributed by atoms with E-state index in [1.807, 2.05) is 96.1 Å². The van der Waals surface area contributed by atoms with Gasteiger partial charge in [0.15, 0.2) is 11.6 Å². The number of carbonyl (C=O) groups excluding carboxylic acids is 4. The second-order valence-corrected chi connectivity index (χ2v) is 18.4. The third kappa shape index (κ3) is 10.4. The van der Waals surface area contributed by atoms with Crippen LogP contribution in [0.15, 0.2) is 103 Å². The summed E-state index contributed by atoms with van der Waals surface area (Å²) in [6.07, 6.45) is 2.51. The van der Waals surface area contributed by atoms with Gasteiger partial charge >= 0.3 is 12.2 Å². The van der Waals surface area contributed by atoms with Crippen molar-refractivity contribution in [3.8, 4) is 5.75 Å². The number of ether oxygens (including phenoxy) is 3. The van der Waals surface area contributed by atoms with Gasteiger partial charge in [0, 0.05) is 25.9 Å². The maximum atomic E-state index is 13.5. The second kappa shape index (κ2) is 17.4. The molecule has 0 aromatic heterocycles. The molecule has 2 unspecified atom stereocenters. The molecule has 9 heteroatoms. The second-order valence-electron chi connectivity index (χ2n) is 18.4. The number of benzene rings is 4. The van der Waals surface area contributed by atoms with E-state index in [1.165, 1.54) is 16.7 Å². The Kier molecular flexibility index (Phi) is 12.3. The molecule has 3 fully saturated rings. The molecule has 9 nitrogen and oxygen atoms in total. The molecule has 2 aliphatic heterocycles. The molecule has 59 heavy (non-hydrogen) atoms. The van der Waals surface area contributed by atoms with Crippen molar-refractivity contribution in [1.82, 2.24) is 9.80 Å². The van der Waals surface area contributed by atoms with Crippen LogP contribution in [0.1, 0.15) is 118 Å².